The zero-order chi connectivity index (χ0) is 12.1. The van der Waals surface area contributed by atoms with Gasteiger partial charge in [0.25, 0.3) is 0 Å². The average molecular weight is 250 g/mol. The first-order valence-electron chi connectivity index (χ1n) is 5.12. The van der Waals surface area contributed by atoms with Crippen molar-refractivity contribution < 1.29 is 4.74 Å². The van der Waals surface area contributed by atoms with Gasteiger partial charge in [-0.2, -0.15) is 0 Å². The Morgan fingerprint density at radius 3 is 2.88 bits per heavy atom. The van der Waals surface area contributed by atoms with Crippen LogP contribution in [0.1, 0.15) is 5.56 Å². The Morgan fingerprint density at radius 2 is 2.12 bits per heavy atom. The smallest absolute Gasteiger partial charge is 0.224 e. The second-order valence-corrected chi connectivity index (χ2v) is 3.76. The number of anilines is 2. The van der Waals surface area contributed by atoms with E-state index in [1.807, 2.05) is 24.3 Å². The molecule has 0 fully saturated rings. The number of rotatable bonds is 4. The standard InChI is InChI=1S/C12H12ClN3O/c1-17-8-9-4-2-3-5-10(9)15-11-6-7-14-12(13)16-11/h2-7H,8H2,1H3,(H,14,15,16). The van der Waals surface area contributed by atoms with Crippen LogP contribution in [0.2, 0.25) is 5.28 Å². The third-order valence-corrected chi connectivity index (χ3v) is 2.39. The first-order valence-corrected chi connectivity index (χ1v) is 5.50. The van der Waals surface area contributed by atoms with Crippen molar-refractivity contribution in [1.82, 2.24) is 9.97 Å². The predicted octanol–water partition coefficient (Wildman–Crippen LogP) is 3.02. The Bertz CT molecular complexity index is 505. The van der Waals surface area contributed by atoms with E-state index in [1.165, 1.54) is 0 Å². The summed E-state index contributed by atoms with van der Waals surface area (Å²) >= 11 is 5.73. The van der Waals surface area contributed by atoms with Crippen LogP contribution in [0.15, 0.2) is 36.5 Å². The van der Waals surface area contributed by atoms with Gasteiger partial charge >= 0.3 is 0 Å². The highest BCUT2D eigenvalue weighted by Crippen LogP contribution is 2.20. The maximum atomic E-state index is 5.73. The Hall–Kier alpha value is -1.65. The lowest BCUT2D eigenvalue weighted by Gasteiger charge is -2.10. The molecule has 1 heterocycles. The molecule has 88 valence electrons. The van der Waals surface area contributed by atoms with E-state index in [2.05, 4.69) is 15.3 Å². The monoisotopic (exact) mass is 249 g/mol. The first kappa shape index (κ1) is 11.8. The summed E-state index contributed by atoms with van der Waals surface area (Å²) in [5.41, 5.74) is 2.01. The zero-order valence-electron chi connectivity index (χ0n) is 9.35. The van der Waals surface area contributed by atoms with Crippen LogP contribution < -0.4 is 5.32 Å². The molecule has 0 spiro atoms. The lowest BCUT2D eigenvalue weighted by atomic mass is 10.2. The van der Waals surface area contributed by atoms with Crippen molar-refractivity contribution in [3.8, 4) is 0 Å². The van der Waals surface area contributed by atoms with Crippen LogP contribution in [0, 0.1) is 0 Å². The minimum atomic E-state index is 0.222. The van der Waals surface area contributed by atoms with Gasteiger partial charge in [0, 0.05) is 24.6 Å². The highest BCUT2D eigenvalue weighted by molar-refractivity contribution is 6.28. The van der Waals surface area contributed by atoms with Crippen LogP contribution in [-0.2, 0) is 11.3 Å². The molecule has 0 bridgehead atoms. The molecule has 0 saturated heterocycles. The molecule has 0 atom stereocenters. The second-order valence-electron chi connectivity index (χ2n) is 3.43. The molecule has 0 aliphatic rings. The number of hydrogen-bond acceptors (Lipinski definition) is 4. The van der Waals surface area contributed by atoms with Gasteiger partial charge in [-0.1, -0.05) is 18.2 Å². The summed E-state index contributed by atoms with van der Waals surface area (Å²) in [7, 11) is 1.67. The predicted molar refractivity (Wildman–Crippen MR) is 67.5 cm³/mol. The number of benzene rings is 1. The second kappa shape index (κ2) is 5.61. The van der Waals surface area contributed by atoms with Crippen molar-refractivity contribution in [2.75, 3.05) is 12.4 Å². The maximum absolute atomic E-state index is 5.73. The average Bonchev–Trinajstić information content (AvgIpc) is 2.32. The highest BCUT2D eigenvalue weighted by atomic mass is 35.5. The van der Waals surface area contributed by atoms with E-state index in [1.54, 1.807) is 19.4 Å². The normalized spacial score (nSPS) is 10.2. The SMILES string of the molecule is COCc1ccccc1Nc1ccnc(Cl)n1. The van der Waals surface area contributed by atoms with Crippen LogP contribution in [0.3, 0.4) is 0 Å². The van der Waals surface area contributed by atoms with E-state index < -0.39 is 0 Å². The molecule has 0 amide bonds. The number of nitrogens with zero attached hydrogens (tertiary/aromatic N) is 2. The minimum Gasteiger partial charge on any atom is -0.380 e. The molecular weight excluding hydrogens is 238 g/mol. The van der Waals surface area contributed by atoms with E-state index in [-0.39, 0.29) is 5.28 Å². The van der Waals surface area contributed by atoms with Crippen molar-refractivity contribution in [1.29, 1.82) is 0 Å². The molecule has 4 nitrogen and oxygen atoms in total. The topological polar surface area (TPSA) is 47.0 Å². The Balaban J connectivity index is 2.23. The summed E-state index contributed by atoms with van der Waals surface area (Å²) in [5.74, 6) is 0.661. The molecule has 0 aliphatic carbocycles. The largest absolute Gasteiger partial charge is 0.380 e. The highest BCUT2D eigenvalue weighted by Gasteiger charge is 2.03. The Kier molecular flexibility index (Phi) is 3.90. The van der Waals surface area contributed by atoms with Gasteiger partial charge in [-0.05, 0) is 23.7 Å². The van der Waals surface area contributed by atoms with E-state index in [4.69, 9.17) is 16.3 Å². The summed E-state index contributed by atoms with van der Waals surface area (Å²) in [6.07, 6.45) is 1.61. The summed E-state index contributed by atoms with van der Waals surface area (Å²) < 4.78 is 5.13. The van der Waals surface area contributed by atoms with E-state index in [0.717, 1.165) is 11.3 Å². The zero-order valence-corrected chi connectivity index (χ0v) is 10.1. The molecule has 2 aromatic rings. The molecule has 0 saturated carbocycles. The molecular formula is C12H12ClN3O. The minimum absolute atomic E-state index is 0.222. The molecule has 0 radical (unpaired) electrons. The number of methoxy groups -OCH3 is 1. The quantitative estimate of drug-likeness (QED) is 0.847. The van der Waals surface area contributed by atoms with Crippen LogP contribution >= 0.6 is 11.6 Å². The van der Waals surface area contributed by atoms with Gasteiger partial charge in [-0.15, -0.1) is 0 Å². The molecule has 17 heavy (non-hydrogen) atoms. The summed E-state index contributed by atoms with van der Waals surface area (Å²) in [5, 5.41) is 3.40. The van der Waals surface area contributed by atoms with Gasteiger partial charge in [0.15, 0.2) is 0 Å². The number of ether oxygens (including phenoxy) is 1. The van der Waals surface area contributed by atoms with Gasteiger partial charge < -0.3 is 10.1 Å². The van der Waals surface area contributed by atoms with E-state index in [9.17, 15) is 0 Å². The fraction of sp³-hybridized carbons (Fsp3) is 0.167. The van der Waals surface area contributed by atoms with E-state index in [0.29, 0.717) is 12.4 Å². The fourth-order valence-corrected chi connectivity index (χ4v) is 1.61. The number of nitrogens with one attached hydrogen (secondary N) is 1. The van der Waals surface area contributed by atoms with Gasteiger partial charge in [0.2, 0.25) is 5.28 Å². The molecule has 1 N–H and O–H groups in total. The molecule has 0 aliphatic heterocycles. The third kappa shape index (κ3) is 3.15. The summed E-state index contributed by atoms with van der Waals surface area (Å²) in [6.45, 7) is 0.544. The van der Waals surface area contributed by atoms with Crippen LogP contribution in [-0.4, -0.2) is 17.1 Å². The van der Waals surface area contributed by atoms with Crippen LogP contribution in [0.25, 0.3) is 0 Å². The van der Waals surface area contributed by atoms with Gasteiger partial charge in [-0.3, -0.25) is 0 Å². The summed E-state index contributed by atoms with van der Waals surface area (Å²) in [4.78, 5) is 7.90. The van der Waals surface area contributed by atoms with Crippen molar-refractivity contribution >= 4 is 23.1 Å². The van der Waals surface area contributed by atoms with Crippen LogP contribution in [0.5, 0.6) is 0 Å². The van der Waals surface area contributed by atoms with Gasteiger partial charge in [-0.25, -0.2) is 9.97 Å². The molecule has 1 aromatic carbocycles. The Labute approximate surface area is 105 Å². The van der Waals surface area contributed by atoms with E-state index >= 15 is 0 Å². The van der Waals surface area contributed by atoms with Crippen molar-refractivity contribution in [2.45, 2.75) is 6.61 Å². The van der Waals surface area contributed by atoms with Crippen molar-refractivity contribution in [2.24, 2.45) is 0 Å². The Morgan fingerprint density at radius 1 is 1.29 bits per heavy atom. The molecule has 0 unspecified atom stereocenters. The van der Waals surface area contributed by atoms with Gasteiger partial charge in [0.1, 0.15) is 5.82 Å². The number of para-hydroxylation sites is 1. The molecule has 2 rings (SSSR count). The number of hydrogen-bond donors (Lipinski definition) is 1. The first-order chi connectivity index (χ1) is 8.29. The molecule has 1 aromatic heterocycles. The number of halogens is 1. The molecule has 5 heteroatoms. The van der Waals surface area contributed by atoms with Crippen molar-refractivity contribution in [3.63, 3.8) is 0 Å². The van der Waals surface area contributed by atoms with Crippen LogP contribution in [0.4, 0.5) is 11.5 Å². The lowest BCUT2D eigenvalue weighted by molar-refractivity contribution is 0.185. The van der Waals surface area contributed by atoms with Crippen molar-refractivity contribution in [3.05, 3.63) is 47.4 Å². The fourth-order valence-electron chi connectivity index (χ4n) is 1.47. The summed E-state index contributed by atoms with van der Waals surface area (Å²) in [6, 6.07) is 9.63. The maximum Gasteiger partial charge on any atom is 0.224 e. The third-order valence-electron chi connectivity index (χ3n) is 2.21. The van der Waals surface area contributed by atoms with Gasteiger partial charge in [0.05, 0.1) is 6.61 Å². The lowest BCUT2D eigenvalue weighted by Crippen LogP contribution is -1.99. The number of aromatic nitrogens is 2.